The molecule has 0 unspecified atom stereocenters. The predicted octanol–water partition coefficient (Wildman–Crippen LogP) is 6.27. The Labute approximate surface area is 196 Å². The van der Waals surface area contributed by atoms with E-state index in [1.807, 2.05) is 6.92 Å². The molecule has 0 aliphatic rings. The SMILES string of the molecule is CCn1c(O)c(N=NC(=O)CCCCCNC(=O)c2ccccc2Cl)c2cc(Cl)ccc21. The number of amides is 2. The van der Waals surface area contributed by atoms with Crippen molar-refractivity contribution < 1.29 is 14.7 Å². The lowest BCUT2D eigenvalue weighted by Gasteiger charge is -2.06. The van der Waals surface area contributed by atoms with Gasteiger partial charge in [-0.2, -0.15) is 0 Å². The minimum atomic E-state index is -0.371. The van der Waals surface area contributed by atoms with Gasteiger partial charge < -0.3 is 15.0 Å². The Kier molecular flexibility index (Phi) is 8.25. The maximum absolute atomic E-state index is 12.1. The van der Waals surface area contributed by atoms with Gasteiger partial charge in [0.2, 0.25) is 5.88 Å². The minimum absolute atomic E-state index is 0.0458. The molecule has 1 heterocycles. The van der Waals surface area contributed by atoms with Gasteiger partial charge in [0.25, 0.3) is 11.8 Å². The number of nitrogens with one attached hydrogen (secondary N) is 1. The van der Waals surface area contributed by atoms with E-state index >= 15 is 0 Å². The molecule has 32 heavy (non-hydrogen) atoms. The van der Waals surface area contributed by atoms with Gasteiger partial charge in [-0.25, -0.2) is 0 Å². The Balaban J connectivity index is 1.47. The van der Waals surface area contributed by atoms with E-state index in [1.54, 1.807) is 47.0 Å². The van der Waals surface area contributed by atoms with Gasteiger partial charge in [-0.05, 0) is 50.1 Å². The number of fused-ring (bicyclic) bond motifs is 1. The molecule has 0 saturated heterocycles. The average molecular weight is 475 g/mol. The van der Waals surface area contributed by atoms with E-state index in [9.17, 15) is 14.7 Å². The molecule has 2 amide bonds. The summed E-state index contributed by atoms with van der Waals surface area (Å²) >= 11 is 12.1. The highest BCUT2D eigenvalue weighted by Gasteiger charge is 2.16. The minimum Gasteiger partial charge on any atom is -0.493 e. The monoisotopic (exact) mass is 474 g/mol. The number of aryl methyl sites for hydroxylation is 1. The predicted molar refractivity (Wildman–Crippen MR) is 126 cm³/mol. The smallest absolute Gasteiger partial charge is 0.264 e. The molecule has 3 rings (SSSR count). The molecule has 2 N–H and O–H groups in total. The number of nitrogens with zero attached hydrogens (tertiary/aromatic N) is 3. The number of azo groups is 1. The molecular weight excluding hydrogens is 451 g/mol. The molecule has 9 heteroatoms. The van der Waals surface area contributed by atoms with Gasteiger partial charge in [-0.3, -0.25) is 9.59 Å². The van der Waals surface area contributed by atoms with Crippen LogP contribution < -0.4 is 5.32 Å². The van der Waals surface area contributed by atoms with Crippen molar-refractivity contribution in [2.75, 3.05) is 6.54 Å². The van der Waals surface area contributed by atoms with Gasteiger partial charge in [0.15, 0.2) is 5.69 Å². The second-order valence-corrected chi connectivity index (χ2v) is 8.06. The standard InChI is InChI=1S/C23H24Cl2N4O3/c1-2-29-19-12-11-15(24)14-17(19)21(23(29)32)28-27-20(30)10-4-3-7-13-26-22(31)16-8-5-6-9-18(16)25/h5-6,8-9,11-12,14,32H,2-4,7,10,13H2,1H3,(H,26,31). The first-order valence-corrected chi connectivity index (χ1v) is 11.2. The van der Waals surface area contributed by atoms with E-state index in [0.717, 1.165) is 18.4 Å². The highest BCUT2D eigenvalue weighted by Crippen LogP contribution is 2.39. The van der Waals surface area contributed by atoms with Crippen molar-refractivity contribution in [2.45, 2.75) is 39.2 Å². The first-order chi connectivity index (χ1) is 15.4. The lowest BCUT2D eigenvalue weighted by Crippen LogP contribution is -2.24. The number of hydrogen-bond acceptors (Lipinski definition) is 4. The maximum atomic E-state index is 12.1. The summed E-state index contributed by atoms with van der Waals surface area (Å²) in [5, 5.41) is 22.6. The fraction of sp³-hybridized carbons (Fsp3) is 0.304. The largest absolute Gasteiger partial charge is 0.493 e. The molecule has 2 aromatic carbocycles. The number of aromatic nitrogens is 1. The third kappa shape index (κ3) is 5.66. The van der Waals surface area contributed by atoms with Crippen molar-refractivity contribution in [1.29, 1.82) is 0 Å². The summed E-state index contributed by atoms with van der Waals surface area (Å²) in [4.78, 5) is 24.2. The third-order valence-corrected chi connectivity index (χ3v) is 5.59. The molecule has 168 valence electrons. The van der Waals surface area contributed by atoms with Crippen molar-refractivity contribution in [3.8, 4) is 5.88 Å². The molecule has 0 spiro atoms. The van der Waals surface area contributed by atoms with Crippen LogP contribution in [0.5, 0.6) is 5.88 Å². The Morgan fingerprint density at radius 3 is 2.62 bits per heavy atom. The molecule has 7 nitrogen and oxygen atoms in total. The van der Waals surface area contributed by atoms with Crippen molar-refractivity contribution in [3.05, 3.63) is 58.1 Å². The summed E-state index contributed by atoms with van der Waals surface area (Å²) in [5.74, 6) is -0.633. The van der Waals surface area contributed by atoms with Crippen molar-refractivity contribution in [1.82, 2.24) is 9.88 Å². The molecule has 0 bridgehead atoms. The fourth-order valence-corrected chi connectivity index (χ4v) is 3.78. The summed E-state index contributed by atoms with van der Waals surface area (Å²) in [6.45, 7) is 2.93. The van der Waals surface area contributed by atoms with Crippen LogP contribution in [0.1, 0.15) is 43.0 Å². The first kappa shape index (κ1) is 23.8. The van der Waals surface area contributed by atoms with Crippen LogP contribution in [-0.4, -0.2) is 28.0 Å². The number of rotatable bonds is 9. The van der Waals surface area contributed by atoms with E-state index in [0.29, 0.717) is 40.5 Å². The number of benzene rings is 2. The van der Waals surface area contributed by atoms with Crippen molar-refractivity contribution >= 4 is 51.6 Å². The zero-order valence-corrected chi connectivity index (χ0v) is 19.2. The highest BCUT2D eigenvalue weighted by molar-refractivity contribution is 6.33. The summed E-state index contributed by atoms with van der Waals surface area (Å²) in [5.41, 5.74) is 1.45. The van der Waals surface area contributed by atoms with Gasteiger partial charge in [-0.15, -0.1) is 10.2 Å². The van der Waals surface area contributed by atoms with Gasteiger partial charge in [0, 0.05) is 29.9 Å². The fourth-order valence-electron chi connectivity index (χ4n) is 3.39. The van der Waals surface area contributed by atoms with Crippen LogP contribution in [0.25, 0.3) is 10.9 Å². The zero-order valence-electron chi connectivity index (χ0n) is 17.6. The van der Waals surface area contributed by atoms with E-state index in [4.69, 9.17) is 23.2 Å². The van der Waals surface area contributed by atoms with Crippen LogP contribution in [0, 0.1) is 0 Å². The molecule has 0 saturated carbocycles. The van der Waals surface area contributed by atoms with Gasteiger partial charge in [0.05, 0.1) is 16.1 Å². The molecule has 0 aliphatic carbocycles. The van der Waals surface area contributed by atoms with Gasteiger partial charge in [0.1, 0.15) is 0 Å². The number of hydrogen-bond donors (Lipinski definition) is 2. The molecule has 0 radical (unpaired) electrons. The second-order valence-electron chi connectivity index (χ2n) is 7.22. The van der Waals surface area contributed by atoms with Crippen LogP contribution in [0.2, 0.25) is 10.0 Å². The Bertz CT molecular complexity index is 1160. The van der Waals surface area contributed by atoms with Crippen LogP contribution in [0.4, 0.5) is 5.69 Å². The lowest BCUT2D eigenvalue weighted by molar-refractivity contribution is -0.118. The lowest BCUT2D eigenvalue weighted by atomic mass is 10.1. The van der Waals surface area contributed by atoms with Crippen LogP contribution in [0.15, 0.2) is 52.7 Å². The van der Waals surface area contributed by atoms with E-state index in [-0.39, 0.29) is 29.8 Å². The number of carbonyl (C=O) groups excluding carboxylic acids is 2. The normalized spacial score (nSPS) is 11.3. The van der Waals surface area contributed by atoms with Crippen molar-refractivity contribution in [2.24, 2.45) is 10.2 Å². The summed E-state index contributed by atoms with van der Waals surface area (Å²) < 4.78 is 1.68. The molecular formula is C23H24Cl2N4O3. The topological polar surface area (TPSA) is 96.0 Å². The number of halogens is 2. The summed E-state index contributed by atoms with van der Waals surface area (Å²) in [7, 11) is 0. The van der Waals surface area contributed by atoms with E-state index in [2.05, 4.69) is 15.5 Å². The molecule has 1 aromatic heterocycles. The van der Waals surface area contributed by atoms with E-state index < -0.39 is 0 Å². The Hall–Kier alpha value is -2.90. The molecule has 0 atom stereocenters. The quantitative estimate of drug-likeness (QED) is 0.282. The van der Waals surface area contributed by atoms with Gasteiger partial charge in [-0.1, -0.05) is 41.8 Å². The summed E-state index contributed by atoms with van der Waals surface area (Å²) in [6.07, 6.45) is 2.33. The molecule has 0 aliphatic heterocycles. The van der Waals surface area contributed by atoms with Crippen molar-refractivity contribution in [3.63, 3.8) is 0 Å². The molecule has 3 aromatic rings. The van der Waals surface area contributed by atoms with Gasteiger partial charge >= 0.3 is 0 Å². The van der Waals surface area contributed by atoms with Crippen LogP contribution in [-0.2, 0) is 11.3 Å². The number of carbonyl (C=O) groups is 2. The summed E-state index contributed by atoms with van der Waals surface area (Å²) in [6, 6.07) is 12.1. The number of unbranched alkanes of at least 4 members (excludes halogenated alkanes) is 2. The highest BCUT2D eigenvalue weighted by atomic mass is 35.5. The first-order valence-electron chi connectivity index (χ1n) is 10.4. The second kappa shape index (κ2) is 11.1. The van der Waals surface area contributed by atoms with E-state index in [1.165, 1.54) is 0 Å². The maximum Gasteiger partial charge on any atom is 0.264 e. The number of aromatic hydroxyl groups is 1. The Morgan fingerprint density at radius 2 is 1.88 bits per heavy atom. The zero-order chi connectivity index (χ0) is 23.1. The molecule has 0 fully saturated rings. The average Bonchev–Trinajstić information content (AvgIpc) is 3.04. The third-order valence-electron chi connectivity index (χ3n) is 5.02. The van der Waals surface area contributed by atoms with Crippen LogP contribution >= 0.6 is 23.2 Å². The van der Waals surface area contributed by atoms with Crippen LogP contribution in [0.3, 0.4) is 0 Å². The Morgan fingerprint density at radius 1 is 1.09 bits per heavy atom.